The number of nitrogens with one attached hydrogen (secondary N) is 1. The Labute approximate surface area is 94.5 Å². The van der Waals surface area contributed by atoms with Gasteiger partial charge in [0.25, 0.3) is 0 Å². The Hall–Kier alpha value is -0.610. The third-order valence-electron chi connectivity index (χ3n) is 2.35. The van der Waals surface area contributed by atoms with Gasteiger partial charge >= 0.3 is 0 Å². The van der Waals surface area contributed by atoms with E-state index in [1.165, 1.54) is 0 Å². The van der Waals surface area contributed by atoms with E-state index in [1.807, 2.05) is 6.92 Å². The van der Waals surface area contributed by atoms with E-state index in [-0.39, 0.29) is 7.33 Å². The lowest BCUT2D eigenvalue weighted by Crippen LogP contribution is -2.31. The summed E-state index contributed by atoms with van der Waals surface area (Å²) in [5.74, 6) is 0.134. The standard InChI is InChI=1S/C11H24N2O2.H2/c1-4-11(14)12-7-6-8-13(5-2)9-10-15-3;/h4-10H2,1-3H3,(H,12,14);1H. The van der Waals surface area contributed by atoms with Gasteiger partial charge < -0.3 is 15.0 Å². The number of hydrogen-bond donors (Lipinski definition) is 1. The van der Waals surface area contributed by atoms with Crippen molar-refractivity contribution in [2.75, 3.05) is 39.9 Å². The predicted octanol–water partition coefficient (Wildman–Crippen LogP) is 1.12. The lowest BCUT2D eigenvalue weighted by atomic mass is 10.3. The summed E-state index contributed by atoms with van der Waals surface area (Å²) in [5.41, 5.74) is 0. The number of likely N-dealkylation sites (N-methyl/N-ethyl adjacent to an activating group) is 1. The summed E-state index contributed by atoms with van der Waals surface area (Å²) >= 11 is 0. The summed E-state index contributed by atoms with van der Waals surface area (Å²) in [4.78, 5) is 13.3. The van der Waals surface area contributed by atoms with Crippen LogP contribution >= 0.6 is 0 Å². The summed E-state index contributed by atoms with van der Waals surface area (Å²) in [7, 11) is 1.72. The molecule has 0 saturated heterocycles. The highest BCUT2D eigenvalue weighted by molar-refractivity contribution is 5.75. The predicted molar refractivity (Wildman–Crippen MR) is 64.0 cm³/mol. The van der Waals surface area contributed by atoms with E-state index in [0.29, 0.717) is 6.42 Å². The van der Waals surface area contributed by atoms with Crippen LogP contribution in [0.25, 0.3) is 0 Å². The zero-order valence-corrected chi connectivity index (χ0v) is 10.2. The third kappa shape index (κ3) is 8.39. The maximum atomic E-state index is 11.0. The van der Waals surface area contributed by atoms with E-state index in [4.69, 9.17) is 4.74 Å². The number of nitrogens with zero attached hydrogens (tertiary/aromatic N) is 1. The molecule has 15 heavy (non-hydrogen) atoms. The molecule has 1 N–H and O–H groups in total. The number of amides is 1. The lowest BCUT2D eigenvalue weighted by molar-refractivity contribution is -0.120. The maximum absolute atomic E-state index is 11.0. The van der Waals surface area contributed by atoms with Crippen LogP contribution in [-0.4, -0.2) is 50.7 Å². The van der Waals surface area contributed by atoms with Crippen molar-refractivity contribution < 1.29 is 11.0 Å². The van der Waals surface area contributed by atoms with Crippen LogP contribution in [-0.2, 0) is 9.53 Å². The first-order chi connectivity index (χ1) is 7.24. The molecule has 4 heteroatoms. The molecule has 0 spiro atoms. The molecule has 0 fully saturated rings. The van der Waals surface area contributed by atoms with E-state index >= 15 is 0 Å². The fraction of sp³-hybridized carbons (Fsp3) is 0.909. The van der Waals surface area contributed by atoms with Crippen LogP contribution < -0.4 is 5.32 Å². The van der Waals surface area contributed by atoms with Gasteiger partial charge in [-0.3, -0.25) is 4.79 Å². The largest absolute Gasteiger partial charge is 0.383 e. The minimum absolute atomic E-state index is 0. The Kier molecular flexibility index (Phi) is 9.52. The fourth-order valence-electron chi connectivity index (χ4n) is 1.30. The maximum Gasteiger partial charge on any atom is 0.219 e. The molecule has 0 aromatic rings. The second-order valence-corrected chi connectivity index (χ2v) is 3.48. The molecule has 0 rings (SSSR count). The van der Waals surface area contributed by atoms with Gasteiger partial charge in [-0.1, -0.05) is 13.8 Å². The van der Waals surface area contributed by atoms with E-state index in [9.17, 15) is 4.79 Å². The minimum Gasteiger partial charge on any atom is -0.383 e. The van der Waals surface area contributed by atoms with Crippen LogP contribution in [0.2, 0.25) is 0 Å². The van der Waals surface area contributed by atoms with Crippen molar-refractivity contribution in [3.63, 3.8) is 0 Å². The van der Waals surface area contributed by atoms with Crippen molar-refractivity contribution in [3.05, 3.63) is 0 Å². The normalized spacial score (nSPS) is 10.7. The average Bonchev–Trinajstić information content (AvgIpc) is 2.27. The minimum atomic E-state index is 0. The van der Waals surface area contributed by atoms with Gasteiger partial charge in [0.15, 0.2) is 0 Å². The van der Waals surface area contributed by atoms with Gasteiger partial charge in [-0.15, -0.1) is 0 Å². The zero-order valence-electron chi connectivity index (χ0n) is 10.2. The van der Waals surface area contributed by atoms with Crippen molar-refractivity contribution in [1.29, 1.82) is 0 Å². The topological polar surface area (TPSA) is 41.6 Å². The molecule has 0 bridgehead atoms. The highest BCUT2D eigenvalue weighted by Gasteiger charge is 2.01. The smallest absolute Gasteiger partial charge is 0.219 e. The van der Waals surface area contributed by atoms with Crippen molar-refractivity contribution in [2.45, 2.75) is 26.7 Å². The molecule has 0 aliphatic carbocycles. The number of methoxy groups -OCH3 is 1. The molecule has 4 nitrogen and oxygen atoms in total. The van der Waals surface area contributed by atoms with E-state index in [0.717, 1.165) is 39.2 Å². The van der Waals surface area contributed by atoms with Gasteiger partial charge in [-0.2, -0.15) is 0 Å². The zero-order chi connectivity index (χ0) is 11.5. The first-order valence-corrected chi connectivity index (χ1v) is 5.72. The molecule has 0 aliphatic heterocycles. The molecule has 0 saturated carbocycles. The second-order valence-electron chi connectivity index (χ2n) is 3.48. The molecule has 0 aromatic carbocycles. The van der Waals surface area contributed by atoms with E-state index in [2.05, 4.69) is 17.1 Å². The molecule has 0 aromatic heterocycles. The second kappa shape index (κ2) is 9.93. The highest BCUT2D eigenvalue weighted by Crippen LogP contribution is 1.90. The van der Waals surface area contributed by atoms with Crippen LogP contribution in [0.5, 0.6) is 0 Å². The fourth-order valence-corrected chi connectivity index (χ4v) is 1.30. The Morgan fingerprint density at radius 2 is 2.13 bits per heavy atom. The van der Waals surface area contributed by atoms with Gasteiger partial charge in [-0.05, 0) is 19.5 Å². The van der Waals surface area contributed by atoms with Crippen molar-refractivity contribution in [1.82, 2.24) is 10.2 Å². The number of carbonyl (C=O) groups excluding carboxylic acids is 1. The average molecular weight is 218 g/mol. The van der Waals surface area contributed by atoms with Gasteiger partial charge in [0.1, 0.15) is 0 Å². The SMILES string of the molecule is CCC(=O)NCCCN(CC)CCOC.[HH]. The quantitative estimate of drug-likeness (QED) is 0.590. The number of carbonyl (C=O) groups is 1. The summed E-state index contributed by atoms with van der Waals surface area (Å²) in [6, 6.07) is 0. The van der Waals surface area contributed by atoms with Crippen LogP contribution in [0.4, 0.5) is 0 Å². The van der Waals surface area contributed by atoms with Crippen LogP contribution in [0.1, 0.15) is 28.1 Å². The molecule has 1 amide bonds. The Morgan fingerprint density at radius 1 is 1.40 bits per heavy atom. The number of ether oxygens (including phenoxy) is 1. The van der Waals surface area contributed by atoms with Crippen molar-refractivity contribution in [3.8, 4) is 0 Å². The number of hydrogen-bond acceptors (Lipinski definition) is 3. The molecular weight excluding hydrogens is 192 g/mol. The number of rotatable bonds is 9. The Morgan fingerprint density at radius 3 is 2.67 bits per heavy atom. The van der Waals surface area contributed by atoms with Gasteiger partial charge in [0.05, 0.1) is 6.61 Å². The van der Waals surface area contributed by atoms with Gasteiger partial charge in [0.2, 0.25) is 5.91 Å². The van der Waals surface area contributed by atoms with Gasteiger partial charge in [-0.25, -0.2) is 0 Å². The summed E-state index contributed by atoms with van der Waals surface area (Å²) in [6.45, 7) is 8.57. The Balaban J connectivity index is 0. The summed E-state index contributed by atoms with van der Waals surface area (Å²) < 4.78 is 5.02. The molecular formula is C11H26N2O2. The molecule has 0 unspecified atom stereocenters. The third-order valence-corrected chi connectivity index (χ3v) is 2.35. The first kappa shape index (κ1) is 14.4. The monoisotopic (exact) mass is 218 g/mol. The van der Waals surface area contributed by atoms with Crippen LogP contribution in [0, 0.1) is 0 Å². The molecule has 0 atom stereocenters. The first-order valence-electron chi connectivity index (χ1n) is 5.72. The van der Waals surface area contributed by atoms with E-state index < -0.39 is 0 Å². The molecule has 0 heterocycles. The molecule has 0 radical (unpaired) electrons. The van der Waals surface area contributed by atoms with Crippen LogP contribution in [0.3, 0.4) is 0 Å². The van der Waals surface area contributed by atoms with Crippen molar-refractivity contribution >= 4 is 5.91 Å². The lowest BCUT2D eigenvalue weighted by Gasteiger charge is -2.19. The molecule has 92 valence electrons. The van der Waals surface area contributed by atoms with Crippen molar-refractivity contribution in [2.24, 2.45) is 0 Å². The summed E-state index contributed by atoms with van der Waals surface area (Å²) in [5, 5.41) is 2.87. The molecule has 0 aliphatic rings. The Bertz CT molecular complexity index is 168. The summed E-state index contributed by atoms with van der Waals surface area (Å²) in [6.07, 6.45) is 1.57. The van der Waals surface area contributed by atoms with Gasteiger partial charge in [0, 0.05) is 28.0 Å². The highest BCUT2D eigenvalue weighted by atomic mass is 16.5. The van der Waals surface area contributed by atoms with E-state index in [1.54, 1.807) is 7.11 Å². The van der Waals surface area contributed by atoms with Crippen LogP contribution in [0.15, 0.2) is 0 Å².